The van der Waals surface area contributed by atoms with E-state index in [4.69, 9.17) is 19.4 Å². The van der Waals surface area contributed by atoms with Crippen molar-refractivity contribution in [1.82, 2.24) is 24.1 Å². The van der Waals surface area contributed by atoms with Gasteiger partial charge in [-0.1, -0.05) is 164 Å². The molecule has 14 aromatic rings. The van der Waals surface area contributed by atoms with Gasteiger partial charge < -0.3 is 13.6 Å². The first-order chi connectivity index (χ1) is 33.2. The van der Waals surface area contributed by atoms with Gasteiger partial charge in [0.15, 0.2) is 23.1 Å². The Bertz CT molecular complexity index is 4260. The smallest absolute Gasteiger partial charge is 0.166 e. The second kappa shape index (κ2) is 14.7. The quantitative estimate of drug-likeness (QED) is 0.167. The van der Waals surface area contributed by atoms with E-state index in [-0.39, 0.29) is 0 Å². The van der Waals surface area contributed by atoms with Crippen molar-refractivity contribution in [3.63, 3.8) is 0 Å². The van der Waals surface area contributed by atoms with Gasteiger partial charge in [0.05, 0.1) is 22.1 Å². The van der Waals surface area contributed by atoms with Crippen LogP contribution >= 0.6 is 0 Å². The van der Waals surface area contributed by atoms with Gasteiger partial charge in [0, 0.05) is 54.7 Å². The fourth-order valence-corrected chi connectivity index (χ4v) is 10.3. The highest BCUT2D eigenvalue weighted by molar-refractivity contribution is 6.18. The Balaban J connectivity index is 1.09. The molecule has 0 N–H and O–H groups in total. The van der Waals surface area contributed by atoms with E-state index < -0.39 is 0 Å². The van der Waals surface area contributed by atoms with Crippen LogP contribution in [0, 0.1) is 0 Å². The maximum absolute atomic E-state index is 7.00. The van der Waals surface area contributed by atoms with Gasteiger partial charge in [-0.05, 0) is 82.6 Å². The molecule has 0 atom stereocenters. The summed E-state index contributed by atoms with van der Waals surface area (Å²) in [6.45, 7) is 0. The molecule has 312 valence electrons. The fourth-order valence-electron chi connectivity index (χ4n) is 10.3. The molecular formula is C61H37N5O. The van der Waals surface area contributed by atoms with Gasteiger partial charge in [0.25, 0.3) is 0 Å². The lowest BCUT2D eigenvalue weighted by molar-refractivity contribution is 0.666. The van der Waals surface area contributed by atoms with E-state index >= 15 is 0 Å². The molecule has 0 unspecified atom stereocenters. The van der Waals surface area contributed by atoms with E-state index in [9.17, 15) is 0 Å². The van der Waals surface area contributed by atoms with Crippen LogP contribution in [0.3, 0.4) is 0 Å². The number of fused-ring (bicyclic) bond motifs is 10. The van der Waals surface area contributed by atoms with Crippen molar-refractivity contribution in [2.45, 2.75) is 0 Å². The molecule has 6 nitrogen and oxygen atoms in total. The molecule has 14 rings (SSSR count). The second-order valence-corrected chi connectivity index (χ2v) is 17.1. The lowest BCUT2D eigenvalue weighted by atomic mass is 10.0. The van der Waals surface area contributed by atoms with Gasteiger partial charge in [-0.3, -0.25) is 0 Å². The third kappa shape index (κ3) is 5.80. The Kier molecular flexibility index (Phi) is 8.18. The van der Waals surface area contributed by atoms with Crippen LogP contribution in [0.4, 0.5) is 0 Å². The van der Waals surface area contributed by atoms with Crippen molar-refractivity contribution in [2.75, 3.05) is 0 Å². The van der Waals surface area contributed by atoms with Gasteiger partial charge in [-0.2, -0.15) is 0 Å². The number of para-hydroxylation sites is 4. The summed E-state index contributed by atoms with van der Waals surface area (Å²) in [5, 5.41) is 8.92. The highest BCUT2D eigenvalue weighted by Crippen LogP contribution is 2.44. The molecule has 0 aliphatic carbocycles. The zero-order valence-electron chi connectivity index (χ0n) is 36.0. The molecular weight excluding hydrogens is 819 g/mol. The average Bonchev–Trinajstić information content (AvgIpc) is 4.06. The first-order valence-electron chi connectivity index (χ1n) is 22.6. The third-order valence-corrected chi connectivity index (χ3v) is 13.4. The SMILES string of the molecule is c1ccc(-c2ccc(-c3nc(-c4ccc5c(oc6ccccc65)c4-n4c5ccccc5c5cc6ccccc6cc54)nc(-c4cccc5c4c4ccccc4n5-c4ccccc4)n3)cc2)cc1. The summed E-state index contributed by atoms with van der Waals surface area (Å²) in [4.78, 5) is 16.4. The molecule has 0 saturated carbocycles. The van der Waals surface area contributed by atoms with Crippen molar-refractivity contribution in [2.24, 2.45) is 0 Å². The standard InChI is InChI=1S/C61H37N5O/c1-3-16-38(17-4-1)39-30-32-40(33-31-39)59-62-60(48-25-15-28-53-56(48)47-24-10-13-27-52(47)65(53)43-20-5-2-6-21-43)64-61(63-59)49-35-34-46-45-23-11-14-29-55(45)67-58(46)57(49)66-51-26-12-9-22-44(51)50-36-41-18-7-8-19-42(41)37-54(50)66/h1-37H. The van der Waals surface area contributed by atoms with E-state index in [0.29, 0.717) is 17.5 Å². The van der Waals surface area contributed by atoms with Crippen molar-refractivity contribution in [3.8, 4) is 56.7 Å². The van der Waals surface area contributed by atoms with E-state index in [2.05, 4.69) is 215 Å². The van der Waals surface area contributed by atoms with Crippen LogP contribution in [-0.2, 0) is 0 Å². The lowest BCUT2D eigenvalue weighted by Crippen LogP contribution is -2.04. The number of nitrogens with zero attached hydrogens (tertiary/aromatic N) is 5. The molecule has 0 fully saturated rings. The zero-order chi connectivity index (χ0) is 44.0. The summed E-state index contributed by atoms with van der Waals surface area (Å²) in [5.74, 6) is 1.70. The number of hydrogen-bond donors (Lipinski definition) is 0. The summed E-state index contributed by atoms with van der Waals surface area (Å²) in [6, 6.07) is 79.0. The lowest BCUT2D eigenvalue weighted by Gasteiger charge is -2.16. The van der Waals surface area contributed by atoms with E-state index in [1.54, 1.807) is 0 Å². The Morgan fingerprint density at radius 3 is 1.70 bits per heavy atom. The molecule has 4 heterocycles. The summed E-state index contributed by atoms with van der Waals surface area (Å²) in [5.41, 5.74) is 12.8. The molecule has 4 aromatic heterocycles. The van der Waals surface area contributed by atoms with Gasteiger partial charge in [-0.25, -0.2) is 15.0 Å². The fraction of sp³-hybridized carbons (Fsp3) is 0. The minimum atomic E-state index is 0.542. The topological polar surface area (TPSA) is 61.7 Å². The van der Waals surface area contributed by atoms with E-state index in [1.807, 2.05) is 18.2 Å². The molecule has 0 bridgehead atoms. The molecule has 0 spiro atoms. The van der Waals surface area contributed by atoms with Gasteiger partial charge in [-0.15, -0.1) is 0 Å². The van der Waals surface area contributed by atoms with Crippen LogP contribution in [0.15, 0.2) is 229 Å². The minimum Gasteiger partial charge on any atom is -0.454 e. The first kappa shape index (κ1) is 37.3. The highest BCUT2D eigenvalue weighted by Gasteiger charge is 2.26. The highest BCUT2D eigenvalue weighted by atomic mass is 16.3. The first-order valence-corrected chi connectivity index (χ1v) is 22.6. The summed E-state index contributed by atoms with van der Waals surface area (Å²) < 4.78 is 11.7. The normalized spacial score (nSPS) is 11.9. The number of benzene rings is 10. The number of hydrogen-bond acceptors (Lipinski definition) is 4. The van der Waals surface area contributed by atoms with Crippen LogP contribution in [0.2, 0.25) is 0 Å². The summed E-state index contributed by atoms with van der Waals surface area (Å²) in [6.07, 6.45) is 0. The summed E-state index contributed by atoms with van der Waals surface area (Å²) >= 11 is 0. The molecule has 10 aromatic carbocycles. The van der Waals surface area contributed by atoms with E-state index in [0.717, 1.165) is 110 Å². The molecule has 6 heteroatoms. The van der Waals surface area contributed by atoms with Gasteiger partial charge >= 0.3 is 0 Å². The number of aromatic nitrogens is 5. The maximum atomic E-state index is 7.00. The summed E-state index contributed by atoms with van der Waals surface area (Å²) in [7, 11) is 0. The van der Waals surface area contributed by atoms with Crippen LogP contribution in [0.25, 0.3) is 133 Å². The second-order valence-electron chi connectivity index (χ2n) is 17.1. The Labute approximate surface area is 384 Å². The zero-order valence-corrected chi connectivity index (χ0v) is 36.0. The predicted molar refractivity (Wildman–Crippen MR) is 275 cm³/mol. The monoisotopic (exact) mass is 855 g/mol. The van der Waals surface area contributed by atoms with Crippen LogP contribution in [0.1, 0.15) is 0 Å². The van der Waals surface area contributed by atoms with Crippen molar-refractivity contribution < 1.29 is 4.42 Å². The van der Waals surface area contributed by atoms with Crippen LogP contribution < -0.4 is 0 Å². The minimum absolute atomic E-state index is 0.542. The number of rotatable bonds is 6. The molecule has 67 heavy (non-hydrogen) atoms. The Morgan fingerprint density at radius 2 is 0.910 bits per heavy atom. The molecule has 0 amide bonds. The molecule has 0 saturated heterocycles. The maximum Gasteiger partial charge on any atom is 0.166 e. The van der Waals surface area contributed by atoms with Crippen molar-refractivity contribution >= 4 is 76.3 Å². The molecule has 0 aliphatic heterocycles. The predicted octanol–water partition coefficient (Wildman–Crippen LogP) is 15.8. The Morgan fingerprint density at radius 1 is 0.328 bits per heavy atom. The van der Waals surface area contributed by atoms with Crippen molar-refractivity contribution in [3.05, 3.63) is 224 Å². The van der Waals surface area contributed by atoms with Crippen LogP contribution in [-0.4, -0.2) is 24.1 Å². The van der Waals surface area contributed by atoms with Gasteiger partial charge in [0.2, 0.25) is 0 Å². The van der Waals surface area contributed by atoms with Gasteiger partial charge in [0.1, 0.15) is 11.3 Å². The number of furan rings is 1. The van der Waals surface area contributed by atoms with Crippen LogP contribution in [0.5, 0.6) is 0 Å². The Hall–Kier alpha value is -9.13. The third-order valence-electron chi connectivity index (χ3n) is 13.4. The van der Waals surface area contributed by atoms with E-state index in [1.165, 1.54) is 5.39 Å². The van der Waals surface area contributed by atoms with Crippen molar-refractivity contribution in [1.29, 1.82) is 0 Å². The molecule has 0 radical (unpaired) electrons. The largest absolute Gasteiger partial charge is 0.454 e. The average molecular weight is 856 g/mol. The molecule has 0 aliphatic rings.